The summed E-state index contributed by atoms with van der Waals surface area (Å²) in [4.78, 5) is 11.3. The average Bonchev–Trinajstić information content (AvgIpc) is 2.25. The van der Waals surface area contributed by atoms with Crippen molar-refractivity contribution < 1.29 is 9.90 Å². The van der Waals surface area contributed by atoms with Gasteiger partial charge in [0.25, 0.3) is 0 Å². The third-order valence-corrected chi connectivity index (χ3v) is 2.87. The lowest BCUT2D eigenvalue weighted by Gasteiger charge is -2.14. The van der Waals surface area contributed by atoms with Crippen molar-refractivity contribution in [1.82, 2.24) is 0 Å². The lowest BCUT2D eigenvalue weighted by Crippen LogP contribution is -2.12. The van der Waals surface area contributed by atoms with E-state index in [1.54, 1.807) is 0 Å². The number of hydrogen-bond donors (Lipinski definition) is 1. The van der Waals surface area contributed by atoms with E-state index in [2.05, 4.69) is 6.08 Å². The third kappa shape index (κ3) is 4.06. The minimum Gasteiger partial charge on any atom is -0.481 e. The fourth-order valence-corrected chi connectivity index (χ4v) is 1.93. The van der Waals surface area contributed by atoms with E-state index < -0.39 is 11.9 Å². The highest BCUT2D eigenvalue weighted by Gasteiger charge is 2.20. The van der Waals surface area contributed by atoms with Gasteiger partial charge < -0.3 is 5.11 Å². The fourth-order valence-electron chi connectivity index (χ4n) is 1.93. The fraction of sp³-hybridized carbons (Fsp3) is 0.400. The monoisotopic (exact) mass is 232 g/mol. The number of carboxylic acids is 1. The number of carbonyl (C=O) groups is 1. The topological polar surface area (TPSA) is 37.3 Å². The van der Waals surface area contributed by atoms with Gasteiger partial charge in [-0.1, -0.05) is 35.9 Å². The van der Waals surface area contributed by atoms with Crippen molar-refractivity contribution >= 4 is 5.97 Å². The van der Waals surface area contributed by atoms with Gasteiger partial charge in [0.1, 0.15) is 0 Å². The smallest absolute Gasteiger partial charge is 0.310 e. The van der Waals surface area contributed by atoms with Gasteiger partial charge in [0.15, 0.2) is 0 Å². The van der Waals surface area contributed by atoms with Crippen molar-refractivity contribution in [2.24, 2.45) is 0 Å². The molecule has 0 amide bonds. The van der Waals surface area contributed by atoms with Crippen molar-refractivity contribution in [3.05, 3.63) is 47.0 Å². The second kappa shape index (κ2) is 6.24. The number of rotatable bonds is 5. The second-order valence-electron chi connectivity index (χ2n) is 4.61. The molecule has 0 aliphatic rings. The summed E-state index contributed by atoms with van der Waals surface area (Å²) in [5, 5.41) is 9.30. The molecule has 1 aromatic carbocycles. The Morgan fingerprint density at radius 1 is 1.35 bits per heavy atom. The summed E-state index contributed by atoms with van der Waals surface area (Å²) < 4.78 is 0. The quantitative estimate of drug-likeness (QED) is 0.781. The molecule has 2 heteroatoms. The summed E-state index contributed by atoms with van der Waals surface area (Å²) in [5.41, 5.74) is 3.22. The number of carboxylic acid groups (broad SMARTS) is 1. The van der Waals surface area contributed by atoms with E-state index in [0.717, 1.165) is 17.5 Å². The molecule has 0 aromatic heterocycles. The van der Waals surface area contributed by atoms with Gasteiger partial charge in [-0.15, -0.1) is 0 Å². The molecule has 0 spiro atoms. The molecular weight excluding hydrogens is 212 g/mol. The minimum absolute atomic E-state index is 0.396. The molecule has 0 saturated heterocycles. The molecule has 1 atom stereocenters. The van der Waals surface area contributed by atoms with Gasteiger partial charge in [-0.3, -0.25) is 4.79 Å². The molecule has 17 heavy (non-hydrogen) atoms. The third-order valence-electron chi connectivity index (χ3n) is 2.87. The van der Waals surface area contributed by atoms with Crippen LogP contribution in [0.3, 0.4) is 0 Å². The summed E-state index contributed by atoms with van der Waals surface area (Å²) in [5.74, 6) is -1.13. The first-order valence-corrected chi connectivity index (χ1v) is 5.94. The summed E-state index contributed by atoms with van der Waals surface area (Å²) >= 11 is 0. The highest BCUT2D eigenvalue weighted by Crippen LogP contribution is 2.25. The van der Waals surface area contributed by atoms with Crippen molar-refractivity contribution in [1.29, 1.82) is 0 Å². The molecule has 2 nitrogen and oxygen atoms in total. The zero-order valence-electron chi connectivity index (χ0n) is 10.7. The number of allylic oxidation sites excluding steroid dienone is 2. The van der Waals surface area contributed by atoms with E-state index in [-0.39, 0.29) is 0 Å². The van der Waals surface area contributed by atoms with E-state index >= 15 is 0 Å². The number of benzene rings is 1. The Labute approximate surface area is 103 Å². The van der Waals surface area contributed by atoms with Gasteiger partial charge in [-0.2, -0.15) is 0 Å². The number of aliphatic carboxylic acids is 1. The van der Waals surface area contributed by atoms with Gasteiger partial charge in [0.2, 0.25) is 0 Å². The Hall–Kier alpha value is -1.57. The van der Waals surface area contributed by atoms with Crippen LogP contribution in [0.15, 0.2) is 35.9 Å². The molecule has 1 N–H and O–H groups in total. The van der Waals surface area contributed by atoms with E-state index in [0.29, 0.717) is 6.42 Å². The Kier molecular flexibility index (Phi) is 4.95. The van der Waals surface area contributed by atoms with Crippen molar-refractivity contribution in [2.45, 2.75) is 39.5 Å². The summed E-state index contributed by atoms with van der Waals surface area (Å²) in [6.45, 7) is 6.03. The van der Waals surface area contributed by atoms with Crippen LogP contribution in [-0.4, -0.2) is 11.1 Å². The second-order valence-corrected chi connectivity index (χ2v) is 4.61. The first-order chi connectivity index (χ1) is 8.02. The maximum atomic E-state index is 11.3. The van der Waals surface area contributed by atoms with Gasteiger partial charge in [0.05, 0.1) is 5.92 Å². The van der Waals surface area contributed by atoms with Crippen LogP contribution < -0.4 is 0 Å². The highest BCUT2D eigenvalue weighted by atomic mass is 16.4. The molecular formula is C15H20O2. The molecule has 0 aliphatic carbocycles. The van der Waals surface area contributed by atoms with Crippen molar-refractivity contribution in [2.75, 3.05) is 0 Å². The van der Waals surface area contributed by atoms with Crippen molar-refractivity contribution in [3.8, 4) is 0 Å². The predicted molar refractivity (Wildman–Crippen MR) is 70.2 cm³/mol. The Morgan fingerprint density at radius 2 is 2.00 bits per heavy atom. The number of aryl methyl sites for hydroxylation is 1. The van der Waals surface area contributed by atoms with Crippen LogP contribution in [0.2, 0.25) is 0 Å². The largest absolute Gasteiger partial charge is 0.481 e. The minimum atomic E-state index is -0.735. The van der Waals surface area contributed by atoms with Crippen molar-refractivity contribution in [3.63, 3.8) is 0 Å². The van der Waals surface area contributed by atoms with Crippen LogP contribution >= 0.6 is 0 Å². The predicted octanol–water partition coefficient (Wildman–Crippen LogP) is 3.91. The Morgan fingerprint density at radius 3 is 2.53 bits per heavy atom. The van der Waals surface area contributed by atoms with E-state index in [4.69, 9.17) is 0 Å². The van der Waals surface area contributed by atoms with Gasteiger partial charge in [0, 0.05) is 0 Å². The maximum Gasteiger partial charge on any atom is 0.310 e. The highest BCUT2D eigenvalue weighted by molar-refractivity contribution is 5.76. The normalized spacial score (nSPS) is 11.9. The molecule has 0 unspecified atom stereocenters. The summed E-state index contributed by atoms with van der Waals surface area (Å²) in [7, 11) is 0. The molecule has 0 heterocycles. The van der Waals surface area contributed by atoms with Crippen LogP contribution in [0, 0.1) is 6.92 Å². The van der Waals surface area contributed by atoms with Gasteiger partial charge in [-0.05, 0) is 44.7 Å². The van der Waals surface area contributed by atoms with Crippen LogP contribution in [0.1, 0.15) is 43.7 Å². The Bertz CT molecular complexity index is 415. The first-order valence-electron chi connectivity index (χ1n) is 5.94. The van der Waals surface area contributed by atoms with Crippen LogP contribution in [0.4, 0.5) is 0 Å². The molecule has 0 saturated carbocycles. The standard InChI is InChI=1S/C15H20O2/c1-11(2)7-6-10-14(15(16)17)13-9-5-4-8-12(13)3/h4-5,7-9,14H,6,10H2,1-3H3,(H,16,17)/t14-/m0/s1. The summed E-state index contributed by atoms with van der Waals surface area (Å²) in [6.07, 6.45) is 3.56. The molecule has 1 rings (SSSR count). The molecule has 92 valence electrons. The van der Waals surface area contributed by atoms with Crippen LogP contribution in [-0.2, 0) is 4.79 Å². The average molecular weight is 232 g/mol. The molecule has 0 fully saturated rings. The Balaban J connectivity index is 2.84. The van der Waals surface area contributed by atoms with Crippen LogP contribution in [0.25, 0.3) is 0 Å². The van der Waals surface area contributed by atoms with Gasteiger partial charge >= 0.3 is 5.97 Å². The zero-order valence-corrected chi connectivity index (χ0v) is 10.7. The first kappa shape index (κ1) is 13.5. The molecule has 0 radical (unpaired) electrons. The zero-order chi connectivity index (χ0) is 12.8. The van der Waals surface area contributed by atoms with E-state index in [1.807, 2.05) is 45.0 Å². The number of hydrogen-bond acceptors (Lipinski definition) is 1. The maximum absolute atomic E-state index is 11.3. The summed E-state index contributed by atoms with van der Waals surface area (Å²) in [6, 6.07) is 7.72. The molecule has 0 bridgehead atoms. The van der Waals surface area contributed by atoms with E-state index in [1.165, 1.54) is 5.57 Å². The molecule has 0 aliphatic heterocycles. The SMILES string of the molecule is CC(C)=CCC[C@H](C(=O)O)c1ccccc1C. The lowest BCUT2D eigenvalue weighted by atomic mass is 9.91. The van der Waals surface area contributed by atoms with Crippen LogP contribution in [0.5, 0.6) is 0 Å². The lowest BCUT2D eigenvalue weighted by molar-refractivity contribution is -0.138. The molecule has 1 aromatic rings. The van der Waals surface area contributed by atoms with E-state index in [9.17, 15) is 9.90 Å². The van der Waals surface area contributed by atoms with Gasteiger partial charge in [-0.25, -0.2) is 0 Å².